The highest BCUT2D eigenvalue weighted by Crippen LogP contribution is 2.42. The Morgan fingerprint density at radius 1 is 1.36 bits per heavy atom. The lowest BCUT2D eigenvalue weighted by Crippen LogP contribution is -2.41. The van der Waals surface area contributed by atoms with E-state index in [2.05, 4.69) is 4.98 Å². The van der Waals surface area contributed by atoms with Crippen LogP contribution in [0.4, 0.5) is 0 Å². The van der Waals surface area contributed by atoms with Crippen molar-refractivity contribution in [1.82, 2.24) is 4.98 Å². The Labute approximate surface area is 136 Å². The lowest BCUT2D eigenvalue weighted by Gasteiger charge is -2.32. The summed E-state index contributed by atoms with van der Waals surface area (Å²) in [5.41, 5.74) is -0.255. The molecule has 5 nitrogen and oxygen atoms in total. The van der Waals surface area contributed by atoms with Crippen LogP contribution in [0.15, 0.2) is 18.3 Å². The van der Waals surface area contributed by atoms with E-state index in [-0.39, 0.29) is 18.2 Å². The van der Waals surface area contributed by atoms with Crippen LogP contribution in [-0.2, 0) is 18.8 Å². The van der Waals surface area contributed by atoms with Gasteiger partial charge < -0.3 is 14.0 Å². The molecule has 0 bridgehead atoms. The molecule has 1 aromatic rings. The van der Waals surface area contributed by atoms with E-state index in [1.165, 1.54) is 7.11 Å². The fourth-order valence-electron chi connectivity index (χ4n) is 2.34. The van der Waals surface area contributed by atoms with E-state index in [0.717, 1.165) is 0 Å². The molecule has 1 saturated heterocycles. The van der Waals surface area contributed by atoms with Gasteiger partial charge in [0.05, 0.1) is 24.7 Å². The predicted octanol–water partition coefficient (Wildman–Crippen LogP) is 3.01. The highest BCUT2D eigenvalue weighted by atomic mass is 35.5. The fraction of sp³-hybridized carbons (Fsp3) is 0.600. The minimum atomic E-state index is -0.592. The minimum absolute atomic E-state index is 0.110. The number of nitrogens with zero attached hydrogens (tertiary/aromatic N) is 1. The first-order valence-electron chi connectivity index (χ1n) is 7.21. The Bertz CT molecular complexity index is 548. The summed E-state index contributed by atoms with van der Waals surface area (Å²) in [5.74, 6) is -0.727. The maximum Gasteiger partial charge on any atom is 0.466 e. The van der Waals surface area contributed by atoms with Crippen LogP contribution >= 0.6 is 11.6 Å². The van der Waals surface area contributed by atoms with Crippen LogP contribution in [0.3, 0.4) is 0 Å². The number of ether oxygens (including phenoxy) is 1. The monoisotopic (exact) mass is 325 g/mol. The molecule has 22 heavy (non-hydrogen) atoms. The average molecular weight is 326 g/mol. The molecule has 2 rings (SSSR count). The number of methoxy groups -OCH3 is 1. The zero-order chi connectivity index (χ0) is 16.5. The smallest absolute Gasteiger partial charge is 0.466 e. The lowest BCUT2D eigenvalue weighted by atomic mass is 9.66. The summed E-state index contributed by atoms with van der Waals surface area (Å²) in [6.07, 6.45) is 1.71. The van der Waals surface area contributed by atoms with Gasteiger partial charge in [-0.2, -0.15) is 0 Å². The highest BCUT2D eigenvalue weighted by Gasteiger charge is 2.54. The van der Waals surface area contributed by atoms with Gasteiger partial charge in [0.2, 0.25) is 0 Å². The minimum Gasteiger partial charge on any atom is -0.469 e. The number of rotatable bonds is 4. The summed E-state index contributed by atoms with van der Waals surface area (Å²) in [4.78, 5) is 15.9. The first-order valence-corrected chi connectivity index (χ1v) is 7.58. The van der Waals surface area contributed by atoms with Crippen molar-refractivity contribution in [2.45, 2.75) is 51.1 Å². The third-order valence-electron chi connectivity index (χ3n) is 4.40. The molecule has 0 aromatic carbocycles. The van der Waals surface area contributed by atoms with Crippen molar-refractivity contribution >= 4 is 24.7 Å². The molecule has 0 spiro atoms. The largest absolute Gasteiger partial charge is 0.469 e. The van der Waals surface area contributed by atoms with Gasteiger partial charge in [0.15, 0.2) is 0 Å². The van der Waals surface area contributed by atoms with E-state index < -0.39 is 18.3 Å². The molecule has 1 aliphatic rings. The van der Waals surface area contributed by atoms with E-state index in [0.29, 0.717) is 10.7 Å². The molecule has 1 fully saturated rings. The number of aromatic nitrogens is 1. The van der Waals surface area contributed by atoms with Crippen LogP contribution in [0.25, 0.3) is 0 Å². The molecule has 120 valence electrons. The molecule has 1 unspecified atom stereocenters. The standard InChI is InChI=1S/C15H21BClNO4/c1-14(2)15(3,4)22-16(21-14)11(9-12(19)20-5)10-7-6-8-18-13(10)17/h6-8,11H,9H2,1-5H3. The van der Waals surface area contributed by atoms with Gasteiger partial charge in [-0.15, -0.1) is 0 Å². The molecule has 1 aliphatic heterocycles. The molecular formula is C15H21BClNO4. The second-order valence-corrected chi connectivity index (χ2v) is 6.75. The Kier molecular flexibility index (Phi) is 4.85. The van der Waals surface area contributed by atoms with Gasteiger partial charge in [-0.1, -0.05) is 17.7 Å². The topological polar surface area (TPSA) is 57.7 Å². The third kappa shape index (κ3) is 3.29. The zero-order valence-electron chi connectivity index (χ0n) is 13.6. The number of hydrogen-bond acceptors (Lipinski definition) is 5. The van der Waals surface area contributed by atoms with Gasteiger partial charge in [-0.25, -0.2) is 4.98 Å². The number of esters is 1. The van der Waals surface area contributed by atoms with Gasteiger partial charge >= 0.3 is 13.1 Å². The van der Waals surface area contributed by atoms with E-state index in [1.807, 2.05) is 33.8 Å². The molecule has 2 heterocycles. The van der Waals surface area contributed by atoms with Crippen molar-refractivity contribution in [2.75, 3.05) is 7.11 Å². The first-order chi connectivity index (χ1) is 10.2. The van der Waals surface area contributed by atoms with E-state index in [9.17, 15) is 4.79 Å². The molecule has 0 aliphatic carbocycles. The summed E-state index contributed by atoms with van der Waals surface area (Å²) in [7, 11) is 0.764. The molecule has 7 heteroatoms. The maximum atomic E-state index is 11.8. The third-order valence-corrected chi connectivity index (χ3v) is 4.72. The molecular weight excluding hydrogens is 304 g/mol. The summed E-state index contributed by atoms with van der Waals surface area (Å²) in [5, 5.41) is 0.339. The first kappa shape index (κ1) is 17.3. The van der Waals surface area contributed by atoms with Crippen LogP contribution in [0.1, 0.15) is 45.5 Å². The Hall–Kier alpha value is -1.11. The fourth-order valence-corrected chi connectivity index (χ4v) is 2.60. The van der Waals surface area contributed by atoms with Gasteiger partial charge in [0.25, 0.3) is 0 Å². The number of hydrogen-bond donors (Lipinski definition) is 0. The zero-order valence-corrected chi connectivity index (χ0v) is 14.3. The molecule has 1 aromatic heterocycles. The number of halogens is 1. The van der Waals surface area contributed by atoms with Crippen molar-refractivity contribution in [2.24, 2.45) is 0 Å². The summed E-state index contributed by atoms with van der Waals surface area (Å²) >= 11 is 6.19. The number of pyridine rings is 1. The predicted molar refractivity (Wildman–Crippen MR) is 84.7 cm³/mol. The molecule has 0 N–H and O–H groups in total. The highest BCUT2D eigenvalue weighted by molar-refractivity contribution is 6.48. The van der Waals surface area contributed by atoms with Gasteiger partial charge in [-0.3, -0.25) is 4.79 Å². The maximum absolute atomic E-state index is 11.8. The second-order valence-electron chi connectivity index (χ2n) is 6.39. The second kappa shape index (κ2) is 6.18. The normalized spacial score (nSPS) is 20.7. The van der Waals surface area contributed by atoms with Crippen molar-refractivity contribution in [1.29, 1.82) is 0 Å². The van der Waals surface area contributed by atoms with Crippen LogP contribution in [-0.4, -0.2) is 36.4 Å². The summed E-state index contributed by atoms with van der Waals surface area (Å²) in [6, 6.07) is 3.60. The number of carbonyl (C=O) groups excluding carboxylic acids is 1. The van der Waals surface area contributed by atoms with Crippen molar-refractivity contribution in [3.05, 3.63) is 29.0 Å². The molecule has 1 atom stereocenters. The van der Waals surface area contributed by atoms with Crippen molar-refractivity contribution in [3.8, 4) is 0 Å². The van der Waals surface area contributed by atoms with Crippen molar-refractivity contribution in [3.63, 3.8) is 0 Å². The number of carbonyl (C=O) groups is 1. The van der Waals surface area contributed by atoms with E-state index in [1.54, 1.807) is 12.3 Å². The van der Waals surface area contributed by atoms with Gasteiger partial charge in [0.1, 0.15) is 5.15 Å². The Morgan fingerprint density at radius 3 is 2.45 bits per heavy atom. The average Bonchev–Trinajstić information content (AvgIpc) is 2.65. The van der Waals surface area contributed by atoms with E-state index in [4.69, 9.17) is 25.6 Å². The van der Waals surface area contributed by atoms with Crippen LogP contribution < -0.4 is 0 Å². The van der Waals surface area contributed by atoms with E-state index >= 15 is 0 Å². The van der Waals surface area contributed by atoms with Gasteiger partial charge in [-0.05, 0) is 39.3 Å². The Morgan fingerprint density at radius 2 is 1.95 bits per heavy atom. The SMILES string of the molecule is COC(=O)CC(B1OC(C)(C)C(C)(C)O1)c1cccnc1Cl. The van der Waals surface area contributed by atoms with Crippen molar-refractivity contribution < 1.29 is 18.8 Å². The van der Waals surface area contributed by atoms with Crippen LogP contribution in [0.2, 0.25) is 5.15 Å². The molecule has 0 amide bonds. The summed E-state index contributed by atoms with van der Waals surface area (Å²) < 4.78 is 16.9. The molecule has 0 radical (unpaired) electrons. The Balaban J connectivity index is 2.35. The summed E-state index contributed by atoms with van der Waals surface area (Å²) in [6.45, 7) is 7.86. The lowest BCUT2D eigenvalue weighted by molar-refractivity contribution is -0.140. The van der Waals surface area contributed by atoms with Crippen LogP contribution in [0, 0.1) is 0 Å². The van der Waals surface area contributed by atoms with Crippen LogP contribution in [0.5, 0.6) is 0 Å². The molecule has 0 saturated carbocycles. The quantitative estimate of drug-likeness (QED) is 0.484. The van der Waals surface area contributed by atoms with Gasteiger partial charge in [0, 0.05) is 12.0 Å².